The number of nitrogens with zero attached hydrogens (tertiary/aromatic N) is 1. The lowest BCUT2D eigenvalue weighted by molar-refractivity contribution is -0.118. The number of anilines is 1. The average Bonchev–Trinajstić information content (AvgIpc) is 3.37. The monoisotopic (exact) mass is 322 g/mol. The fourth-order valence-corrected chi connectivity index (χ4v) is 3.36. The second-order valence-corrected chi connectivity index (χ2v) is 6.30. The molecule has 1 heterocycles. The zero-order valence-corrected chi connectivity index (χ0v) is 13.2. The van der Waals surface area contributed by atoms with Crippen molar-refractivity contribution in [1.82, 2.24) is 4.98 Å². The molecule has 1 saturated carbocycles. The molecule has 4 rings (SSSR count). The third kappa shape index (κ3) is 2.37. The van der Waals surface area contributed by atoms with Crippen molar-refractivity contribution in [2.75, 3.05) is 5.32 Å². The van der Waals surface area contributed by atoms with Gasteiger partial charge in [-0.15, -0.1) is 0 Å². The molecule has 2 aromatic carbocycles. The van der Waals surface area contributed by atoms with E-state index in [2.05, 4.69) is 10.3 Å². The Morgan fingerprint density at radius 1 is 1.04 bits per heavy atom. The summed E-state index contributed by atoms with van der Waals surface area (Å²) in [5.41, 5.74) is 1.95. The lowest BCUT2D eigenvalue weighted by Gasteiger charge is -2.17. The van der Waals surface area contributed by atoms with Crippen LogP contribution in [0.1, 0.15) is 18.4 Å². The van der Waals surface area contributed by atoms with Crippen LogP contribution in [0.2, 0.25) is 5.02 Å². The van der Waals surface area contributed by atoms with E-state index in [9.17, 15) is 4.79 Å². The number of fused-ring (bicyclic) bond motifs is 1. The third-order valence-corrected chi connectivity index (χ3v) is 4.78. The molecule has 3 aromatic rings. The Morgan fingerprint density at radius 3 is 2.61 bits per heavy atom. The highest BCUT2D eigenvalue weighted by Gasteiger charge is 2.52. The molecule has 1 aromatic heterocycles. The summed E-state index contributed by atoms with van der Waals surface area (Å²) in [7, 11) is 0. The number of hydrogen-bond donors (Lipinski definition) is 1. The van der Waals surface area contributed by atoms with Crippen LogP contribution in [0.3, 0.4) is 0 Å². The van der Waals surface area contributed by atoms with E-state index in [-0.39, 0.29) is 5.91 Å². The largest absolute Gasteiger partial charge is 0.323 e. The maximum absolute atomic E-state index is 12.9. The highest BCUT2D eigenvalue weighted by atomic mass is 35.5. The first-order valence-corrected chi connectivity index (χ1v) is 7.99. The van der Waals surface area contributed by atoms with E-state index in [0.29, 0.717) is 5.02 Å². The van der Waals surface area contributed by atoms with Crippen LogP contribution >= 0.6 is 11.6 Å². The summed E-state index contributed by atoms with van der Waals surface area (Å²) in [5, 5.41) is 4.71. The first-order valence-electron chi connectivity index (χ1n) is 7.61. The van der Waals surface area contributed by atoms with Gasteiger partial charge in [-0.1, -0.05) is 48.0 Å². The molecule has 0 saturated heterocycles. The fourth-order valence-electron chi connectivity index (χ4n) is 3.04. The second-order valence-electron chi connectivity index (χ2n) is 5.90. The predicted octanol–water partition coefficient (Wildman–Crippen LogP) is 4.56. The first-order chi connectivity index (χ1) is 11.2. The molecule has 23 heavy (non-hydrogen) atoms. The van der Waals surface area contributed by atoms with Crippen LogP contribution in [0.15, 0.2) is 60.8 Å². The van der Waals surface area contributed by atoms with Crippen molar-refractivity contribution in [1.29, 1.82) is 0 Å². The van der Waals surface area contributed by atoms with Gasteiger partial charge in [0, 0.05) is 16.6 Å². The molecule has 0 spiro atoms. The molecule has 1 fully saturated rings. The van der Waals surface area contributed by atoms with Gasteiger partial charge in [-0.25, -0.2) is 0 Å². The van der Waals surface area contributed by atoms with Gasteiger partial charge < -0.3 is 5.32 Å². The Morgan fingerprint density at radius 2 is 1.83 bits per heavy atom. The van der Waals surface area contributed by atoms with Crippen LogP contribution in [0.4, 0.5) is 5.69 Å². The van der Waals surface area contributed by atoms with Crippen LogP contribution in [0, 0.1) is 0 Å². The number of amides is 1. The molecule has 0 unspecified atom stereocenters. The normalized spacial score (nSPS) is 15.3. The smallest absolute Gasteiger partial charge is 0.235 e. The molecular formula is C19H15ClN2O. The number of carbonyl (C=O) groups excluding carboxylic acids is 1. The summed E-state index contributed by atoms with van der Waals surface area (Å²) in [5.74, 6) is -0.0104. The number of nitrogens with one attached hydrogen (secondary N) is 1. The molecule has 3 nitrogen and oxygen atoms in total. The number of rotatable bonds is 3. The second kappa shape index (κ2) is 5.36. The molecule has 4 heteroatoms. The van der Waals surface area contributed by atoms with Gasteiger partial charge in [0.05, 0.1) is 16.6 Å². The summed E-state index contributed by atoms with van der Waals surface area (Å²) in [6.07, 6.45) is 3.38. The van der Waals surface area contributed by atoms with Crippen molar-refractivity contribution in [2.24, 2.45) is 0 Å². The van der Waals surface area contributed by atoms with Gasteiger partial charge in [0.1, 0.15) is 0 Å². The summed E-state index contributed by atoms with van der Waals surface area (Å²) in [6, 6.07) is 17.3. The summed E-state index contributed by atoms with van der Waals surface area (Å²) in [6.45, 7) is 0. The Balaban J connectivity index is 1.69. The topological polar surface area (TPSA) is 42.0 Å². The van der Waals surface area contributed by atoms with Gasteiger partial charge in [0.15, 0.2) is 0 Å². The maximum atomic E-state index is 12.9. The van der Waals surface area contributed by atoms with Crippen molar-refractivity contribution in [3.05, 3.63) is 71.4 Å². The summed E-state index contributed by atoms with van der Waals surface area (Å²) >= 11 is 6.30. The van der Waals surface area contributed by atoms with Crippen LogP contribution in [0.25, 0.3) is 10.9 Å². The van der Waals surface area contributed by atoms with E-state index in [1.165, 1.54) is 0 Å². The van der Waals surface area contributed by atoms with Gasteiger partial charge in [0.2, 0.25) is 5.91 Å². The van der Waals surface area contributed by atoms with Crippen molar-refractivity contribution < 1.29 is 4.79 Å². The molecule has 0 aliphatic heterocycles. The minimum atomic E-state index is -0.505. The van der Waals surface area contributed by atoms with E-state index >= 15 is 0 Å². The number of carbonyl (C=O) groups is 1. The number of aromatic nitrogens is 1. The van der Waals surface area contributed by atoms with Crippen LogP contribution < -0.4 is 5.32 Å². The van der Waals surface area contributed by atoms with Gasteiger partial charge in [-0.3, -0.25) is 9.78 Å². The minimum Gasteiger partial charge on any atom is -0.323 e. The number of para-hydroxylation sites is 1. The molecule has 114 valence electrons. The molecule has 1 amide bonds. The third-order valence-electron chi connectivity index (χ3n) is 4.45. The zero-order valence-electron chi connectivity index (χ0n) is 12.4. The molecule has 0 atom stereocenters. The number of hydrogen-bond acceptors (Lipinski definition) is 2. The quantitative estimate of drug-likeness (QED) is 0.768. The first kappa shape index (κ1) is 14.2. The highest BCUT2D eigenvalue weighted by Crippen LogP contribution is 2.51. The molecule has 1 aliphatic rings. The summed E-state index contributed by atoms with van der Waals surface area (Å²) in [4.78, 5) is 17.3. The minimum absolute atomic E-state index is 0.0104. The van der Waals surface area contributed by atoms with E-state index in [0.717, 1.165) is 35.0 Å². The number of pyridine rings is 1. The predicted molar refractivity (Wildman–Crippen MR) is 92.7 cm³/mol. The van der Waals surface area contributed by atoms with E-state index < -0.39 is 5.41 Å². The molecule has 0 radical (unpaired) electrons. The Hall–Kier alpha value is -2.39. The average molecular weight is 323 g/mol. The standard InChI is InChI=1S/C19H15ClN2O/c20-15-8-2-1-7-14(15)19(10-11-19)18(23)22-16-9-3-5-13-6-4-12-21-17(13)16/h1-9,12H,10-11H2,(H,22,23). The lowest BCUT2D eigenvalue weighted by Crippen LogP contribution is -2.28. The van der Waals surface area contributed by atoms with E-state index in [1.54, 1.807) is 6.20 Å². The molecule has 1 N–H and O–H groups in total. The van der Waals surface area contributed by atoms with Gasteiger partial charge in [-0.2, -0.15) is 0 Å². The van der Waals surface area contributed by atoms with Gasteiger partial charge in [-0.05, 0) is 36.6 Å². The summed E-state index contributed by atoms with van der Waals surface area (Å²) < 4.78 is 0. The zero-order chi connectivity index (χ0) is 15.9. The Labute approximate surface area is 139 Å². The van der Waals surface area contributed by atoms with Crippen molar-refractivity contribution in [3.8, 4) is 0 Å². The van der Waals surface area contributed by atoms with Crippen molar-refractivity contribution >= 4 is 34.1 Å². The highest BCUT2D eigenvalue weighted by molar-refractivity contribution is 6.32. The lowest BCUT2D eigenvalue weighted by atomic mass is 9.94. The number of benzene rings is 2. The van der Waals surface area contributed by atoms with Crippen molar-refractivity contribution in [2.45, 2.75) is 18.3 Å². The molecule has 0 bridgehead atoms. The Bertz CT molecular complexity index is 897. The Kier molecular flexibility index (Phi) is 3.31. The van der Waals surface area contributed by atoms with Gasteiger partial charge in [0.25, 0.3) is 0 Å². The van der Waals surface area contributed by atoms with Crippen molar-refractivity contribution in [3.63, 3.8) is 0 Å². The molecular weight excluding hydrogens is 308 g/mol. The van der Waals surface area contributed by atoms with Crippen LogP contribution in [-0.2, 0) is 10.2 Å². The maximum Gasteiger partial charge on any atom is 0.235 e. The van der Waals surface area contributed by atoms with Crippen LogP contribution in [0.5, 0.6) is 0 Å². The number of halogens is 1. The van der Waals surface area contributed by atoms with Gasteiger partial charge >= 0.3 is 0 Å². The van der Waals surface area contributed by atoms with E-state index in [1.807, 2.05) is 54.6 Å². The van der Waals surface area contributed by atoms with Crippen LogP contribution in [-0.4, -0.2) is 10.9 Å². The molecule has 1 aliphatic carbocycles. The fraction of sp³-hybridized carbons (Fsp3) is 0.158. The van der Waals surface area contributed by atoms with E-state index in [4.69, 9.17) is 11.6 Å². The SMILES string of the molecule is O=C(Nc1cccc2cccnc12)C1(c2ccccc2Cl)CC1.